The Balaban J connectivity index is 0.869. The predicted molar refractivity (Wildman–Crippen MR) is 262 cm³/mol. The van der Waals surface area contributed by atoms with Crippen LogP contribution in [0.3, 0.4) is 0 Å². The van der Waals surface area contributed by atoms with Gasteiger partial charge in [0.25, 0.3) is 0 Å². The zero-order valence-electron chi connectivity index (χ0n) is 42.9. The van der Waals surface area contributed by atoms with Crippen LogP contribution in [0.2, 0.25) is 0 Å². The van der Waals surface area contributed by atoms with Gasteiger partial charge < -0.3 is 37.9 Å². The number of ether oxygens (including phenoxy) is 8. The van der Waals surface area contributed by atoms with E-state index in [2.05, 4.69) is 40.7 Å². The summed E-state index contributed by atoms with van der Waals surface area (Å²) in [7, 11) is 4.53. The van der Waals surface area contributed by atoms with Crippen molar-refractivity contribution in [3.05, 3.63) is 29.3 Å². The summed E-state index contributed by atoms with van der Waals surface area (Å²) in [5.74, 6) is 5.51. The number of fused-ring (bicyclic) bond motifs is 5. The van der Waals surface area contributed by atoms with Gasteiger partial charge in [-0.05, 0) is 116 Å². The lowest BCUT2D eigenvalue weighted by Gasteiger charge is -2.58. The molecule has 0 spiro atoms. The minimum atomic E-state index is -0.460. The minimum Gasteiger partial charge on any atom is -0.463 e. The molecule has 3 saturated carbocycles. The molecule has 10 heteroatoms. The van der Waals surface area contributed by atoms with Gasteiger partial charge in [0.1, 0.15) is 6.10 Å². The number of hydrogen-bond acceptors (Lipinski definition) is 10. The van der Waals surface area contributed by atoms with E-state index in [1.165, 1.54) is 130 Å². The largest absolute Gasteiger partial charge is 0.463 e. The standard InChI is InChI=1S/C56H92O10/c1-41(2)23-22-24-42(3)47-28-29-48-46-27-26-44-37-45(30-32-55(44,4)49(46)31-33-56(47,48)5)66-52(57)25-20-18-16-14-12-10-9-11-13-15-17-19-21-34-62-54(58)43-35-50(63-38-59-6)53(65-40-61-8)51(36-43)64-39-60-7/h26,35-36,41-42,45-49H,9-25,27-34,37-40H2,1-8H3. The van der Waals surface area contributed by atoms with E-state index in [0.717, 1.165) is 80.5 Å². The quantitative estimate of drug-likeness (QED) is 0.0300. The number of allylic oxidation sites excluding steroid dienone is 1. The second kappa shape index (κ2) is 28.0. The van der Waals surface area contributed by atoms with Crippen LogP contribution in [0, 0.1) is 46.3 Å². The van der Waals surface area contributed by atoms with Crippen molar-refractivity contribution in [1.82, 2.24) is 0 Å². The fourth-order valence-corrected chi connectivity index (χ4v) is 13.0. The maximum Gasteiger partial charge on any atom is 0.338 e. The maximum atomic E-state index is 13.0. The van der Waals surface area contributed by atoms with E-state index < -0.39 is 5.97 Å². The van der Waals surface area contributed by atoms with Crippen LogP contribution in [0.1, 0.15) is 205 Å². The number of hydrogen-bond donors (Lipinski definition) is 0. The zero-order valence-corrected chi connectivity index (χ0v) is 42.9. The van der Waals surface area contributed by atoms with Crippen LogP contribution in [0.4, 0.5) is 0 Å². The van der Waals surface area contributed by atoms with Crippen LogP contribution in [-0.4, -0.2) is 66.4 Å². The van der Waals surface area contributed by atoms with E-state index in [0.29, 0.717) is 23.9 Å². The number of carbonyl (C=O) groups excluding carboxylic acids is 2. The van der Waals surface area contributed by atoms with Crippen molar-refractivity contribution >= 4 is 11.9 Å². The van der Waals surface area contributed by atoms with Gasteiger partial charge >= 0.3 is 11.9 Å². The van der Waals surface area contributed by atoms with Crippen molar-refractivity contribution in [1.29, 1.82) is 0 Å². The van der Waals surface area contributed by atoms with Gasteiger partial charge in [-0.25, -0.2) is 4.79 Å². The first-order valence-electron chi connectivity index (χ1n) is 26.5. The molecule has 3 fully saturated rings. The lowest BCUT2D eigenvalue weighted by Crippen LogP contribution is -2.51. The Hall–Kier alpha value is -2.82. The number of unbranched alkanes of at least 4 members (excludes halogenated alkanes) is 12. The molecule has 8 unspecified atom stereocenters. The molecule has 0 radical (unpaired) electrons. The van der Waals surface area contributed by atoms with Gasteiger partial charge in [-0.2, -0.15) is 0 Å². The third-order valence-corrected chi connectivity index (χ3v) is 16.6. The molecule has 0 N–H and O–H groups in total. The highest BCUT2D eigenvalue weighted by Crippen LogP contribution is 2.67. The van der Waals surface area contributed by atoms with E-state index in [-0.39, 0.29) is 55.3 Å². The highest BCUT2D eigenvalue weighted by Gasteiger charge is 2.59. The number of rotatable bonds is 32. The summed E-state index contributed by atoms with van der Waals surface area (Å²) >= 11 is 0. The smallest absolute Gasteiger partial charge is 0.338 e. The summed E-state index contributed by atoms with van der Waals surface area (Å²) in [6, 6.07) is 3.11. The Bertz CT molecular complexity index is 1600. The molecule has 0 aliphatic heterocycles. The molecule has 4 aliphatic rings. The van der Waals surface area contributed by atoms with Crippen LogP contribution in [0.15, 0.2) is 23.8 Å². The van der Waals surface area contributed by atoms with Gasteiger partial charge in [0.2, 0.25) is 5.75 Å². The summed E-state index contributed by atoms with van der Waals surface area (Å²) in [6.07, 6.45) is 32.6. The summed E-state index contributed by atoms with van der Waals surface area (Å²) in [5.41, 5.74) is 2.73. The molecule has 376 valence electrons. The summed E-state index contributed by atoms with van der Waals surface area (Å²) in [6.45, 7) is 12.8. The molecule has 66 heavy (non-hydrogen) atoms. The van der Waals surface area contributed by atoms with Crippen molar-refractivity contribution < 1.29 is 47.5 Å². The van der Waals surface area contributed by atoms with E-state index >= 15 is 0 Å². The fraction of sp³-hybridized carbons (Fsp3) is 0.821. The van der Waals surface area contributed by atoms with Crippen molar-refractivity contribution in [2.45, 2.75) is 201 Å². The molecule has 0 aromatic heterocycles. The van der Waals surface area contributed by atoms with Crippen molar-refractivity contribution in [3.8, 4) is 17.2 Å². The van der Waals surface area contributed by atoms with Crippen LogP contribution < -0.4 is 14.2 Å². The zero-order chi connectivity index (χ0) is 47.4. The average molecular weight is 925 g/mol. The Morgan fingerprint density at radius 3 is 1.86 bits per heavy atom. The first-order valence-corrected chi connectivity index (χ1v) is 26.5. The molecule has 0 bridgehead atoms. The van der Waals surface area contributed by atoms with Crippen molar-refractivity contribution in [2.75, 3.05) is 48.3 Å². The van der Waals surface area contributed by atoms with Gasteiger partial charge in [-0.3, -0.25) is 4.79 Å². The second-order valence-corrected chi connectivity index (χ2v) is 21.6. The summed E-state index contributed by atoms with van der Waals surface area (Å²) in [5, 5.41) is 0. The number of benzene rings is 1. The molecule has 1 aromatic carbocycles. The summed E-state index contributed by atoms with van der Waals surface area (Å²) in [4.78, 5) is 25.9. The van der Waals surface area contributed by atoms with Crippen LogP contribution in [0.25, 0.3) is 0 Å². The lowest BCUT2D eigenvalue weighted by atomic mass is 9.47. The van der Waals surface area contributed by atoms with Crippen LogP contribution in [-0.2, 0) is 28.5 Å². The monoisotopic (exact) mass is 925 g/mol. The molecule has 5 rings (SSSR count). The van der Waals surface area contributed by atoms with Crippen molar-refractivity contribution in [2.24, 2.45) is 46.3 Å². The molecule has 10 nitrogen and oxygen atoms in total. The Morgan fingerprint density at radius 2 is 1.26 bits per heavy atom. The van der Waals surface area contributed by atoms with Crippen LogP contribution >= 0.6 is 0 Å². The number of methoxy groups -OCH3 is 3. The normalized spacial score (nSPS) is 26.2. The van der Waals surface area contributed by atoms with E-state index in [1.807, 2.05) is 0 Å². The van der Waals surface area contributed by atoms with Gasteiger partial charge in [0, 0.05) is 34.2 Å². The van der Waals surface area contributed by atoms with Crippen molar-refractivity contribution in [3.63, 3.8) is 0 Å². The number of esters is 2. The minimum absolute atomic E-state index is 0.0220. The SMILES string of the molecule is COCOc1cc(C(=O)OCCCCCCCCCCCCCCCC(=O)OC2CCC3(C)C(=CCC4C3CCC3(C)C(C(C)CCCC(C)C)CCC43)C2)cc(OCOC)c1OCOC. The Morgan fingerprint density at radius 1 is 0.667 bits per heavy atom. The molecule has 4 aliphatic carbocycles. The van der Waals surface area contributed by atoms with E-state index in [9.17, 15) is 9.59 Å². The Kier molecular flexibility index (Phi) is 23.0. The predicted octanol–water partition coefficient (Wildman–Crippen LogP) is 14.2. The highest BCUT2D eigenvalue weighted by atomic mass is 16.7. The van der Waals surface area contributed by atoms with Crippen LogP contribution in [0.5, 0.6) is 17.2 Å². The molecule has 8 atom stereocenters. The average Bonchev–Trinajstić information content (AvgIpc) is 3.66. The summed E-state index contributed by atoms with van der Waals surface area (Å²) < 4.78 is 43.8. The van der Waals surface area contributed by atoms with Gasteiger partial charge in [-0.1, -0.05) is 136 Å². The fourth-order valence-electron chi connectivity index (χ4n) is 13.0. The second-order valence-electron chi connectivity index (χ2n) is 21.6. The highest BCUT2D eigenvalue weighted by molar-refractivity contribution is 5.91. The number of carbonyl (C=O) groups is 2. The molecule has 0 heterocycles. The first kappa shape index (κ1) is 54.1. The molecular weight excluding hydrogens is 833 g/mol. The molecule has 0 saturated heterocycles. The van der Waals surface area contributed by atoms with Gasteiger partial charge in [-0.15, -0.1) is 0 Å². The maximum absolute atomic E-state index is 13.0. The topological polar surface area (TPSA) is 108 Å². The Labute approximate surface area is 400 Å². The van der Waals surface area contributed by atoms with Gasteiger partial charge in [0.15, 0.2) is 31.9 Å². The molecule has 0 amide bonds. The third-order valence-electron chi connectivity index (χ3n) is 16.6. The third kappa shape index (κ3) is 15.3. The first-order chi connectivity index (χ1) is 31.9. The molecular formula is C56H92O10. The van der Waals surface area contributed by atoms with E-state index in [1.54, 1.807) is 17.7 Å². The van der Waals surface area contributed by atoms with E-state index in [4.69, 9.17) is 37.9 Å². The molecule has 1 aromatic rings. The lowest BCUT2D eigenvalue weighted by molar-refractivity contribution is -0.151. The van der Waals surface area contributed by atoms with Gasteiger partial charge in [0.05, 0.1) is 12.2 Å².